The van der Waals surface area contributed by atoms with Crippen molar-refractivity contribution in [2.75, 3.05) is 49.8 Å². The van der Waals surface area contributed by atoms with Crippen molar-refractivity contribution in [3.63, 3.8) is 0 Å². The first-order chi connectivity index (χ1) is 17.8. The van der Waals surface area contributed by atoms with E-state index in [1.807, 2.05) is 35.5 Å². The molecule has 0 bridgehead atoms. The predicted octanol–water partition coefficient (Wildman–Crippen LogP) is 4.24. The van der Waals surface area contributed by atoms with E-state index >= 15 is 0 Å². The molecule has 2 aromatic carbocycles. The lowest BCUT2D eigenvalue weighted by atomic mass is 10.1. The van der Waals surface area contributed by atoms with Crippen LogP contribution in [0.15, 0.2) is 67.5 Å². The molecular formula is C27H28FN7O2. The van der Waals surface area contributed by atoms with Gasteiger partial charge in [0, 0.05) is 43.5 Å². The standard InChI is InChI=1S/C27H28FN7O2/c1-5-26(37)30-22-16-21(19(17-36)15-24(22)34(4)13-12-33(2)3)31-27-29-10-8-25(32-27)35-11-9-18-14-20(28)6-7-23(18)35/h5-11,14-17H,1,12-13H2,2-4H3,(H,30,37)(H,29,31,32). The average molecular weight is 502 g/mol. The number of aromatic nitrogens is 3. The third-order valence-corrected chi connectivity index (χ3v) is 5.82. The van der Waals surface area contributed by atoms with Crippen LogP contribution in [-0.4, -0.2) is 65.9 Å². The van der Waals surface area contributed by atoms with E-state index in [-0.39, 0.29) is 17.7 Å². The van der Waals surface area contributed by atoms with Gasteiger partial charge in [-0.15, -0.1) is 0 Å². The zero-order chi connectivity index (χ0) is 26.5. The Kier molecular flexibility index (Phi) is 7.59. The minimum Gasteiger partial charge on any atom is -0.372 e. The molecule has 4 aromatic rings. The molecule has 9 nitrogen and oxygen atoms in total. The first kappa shape index (κ1) is 25.5. The van der Waals surface area contributed by atoms with Crippen LogP contribution in [0.3, 0.4) is 0 Å². The second kappa shape index (κ2) is 11.0. The number of hydrogen-bond acceptors (Lipinski definition) is 7. The van der Waals surface area contributed by atoms with Crippen LogP contribution >= 0.6 is 0 Å². The van der Waals surface area contributed by atoms with Crippen molar-refractivity contribution in [3.8, 4) is 5.82 Å². The van der Waals surface area contributed by atoms with E-state index in [0.717, 1.165) is 23.7 Å². The number of halogens is 1. The number of amides is 1. The lowest BCUT2D eigenvalue weighted by molar-refractivity contribution is -0.111. The van der Waals surface area contributed by atoms with Crippen LogP contribution in [0.2, 0.25) is 0 Å². The summed E-state index contributed by atoms with van der Waals surface area (Å²) in [5, 5.41) is 6.66. The number of nitrogens with one attached hydrogen (secondary N) is 2. The fraction of sp³-hybridized carbons (Fsp3) is 0.185. The summed E-state index contributed by atoms with van der Waals surface area (Å²) in [6, 6.07) is 11.5. The smallest absolute Gasteiger partial charge is 0.247 e. The van der Waals surface area contributed by atoms with Crippen molar-refractivity contribution in [1.82, 2.24) is 19.4 Å². The molecule has 0 fully saturated rings. The molecule has 37 heavy (non-hydrogen) atoms. The number of rotatable bonds is 10. The average Bonchev–Trinajstić information content (AvgIpc) is 3.30. The van der Waals surface area contributed by atoms with E-state index < -0.39 is 0 Å². The van der Waals surface area contributed by atoms with Crippen LogP contribution in [0.25, 0.3) is 16.7 Å². The summed E-state index contributed by atoms with van der Waals surface area (Å²) in [7, 11) is 5.84. The molecule has 1 amide bonds. The summed E-state index contributed by atoms with van der Waals surface area (Å²) in [4.78, 5) is 37.1. The van der Waals surface area contributed by atoms with Gasteiger partial charge < -0.3 is 25.0 Å². The van der Waals surface area contributed by atoms with Crippen molar-refractivity contribution >= 4 is 46.1 Å². The van der Waals surface area contributed by atoms with Crippen molar-refractivity contribution in [2.24, 2.45) is 0 Å². The van der Waals surface area contributed by atoms with Crippen molar-refractivity contribution in [1.29, 1.82) is 0 Å². The number of fused-ring (bicyclic) bond motifs is 1. The largest absolute Gasteiger partial charge is 0.372 e. The van der Waals surface area contributed by atoms with Crippen LogP contribution in [0.1, 0.15) is 10.4 Å². The molecule has 0 aliphatic heterocycles. The van der Waals surface area contributed by atoms with Gasteiger partial charge in [-0.3, -0.25) is 9.59 Å². The van der Waals surface area contributed by atoms with Gasteiger partial charge in [0.05, 0.1) is 22.6 Å². The molecule has 0 radical (unpaired) electrons. The van der Waals surface area contributed by atoms with Crippen LogP contribution in [0, 0.1) is 5.82 Å². The van der Waals surface area contributed by atoms with Crippen LogP contribution < -0.4 is 15.5 Å². The Bertz CT molecular complexity index is 1460. The third kappa shape index (κ3) is 5.81. The predicted molar refractivity (Wildman–Crippen MR) is 145 cm³/mol. The van der Waals surface area contributed by atoms with Gasteiger partial charge in [-0.25, -0.2) is 9.37 Å². The van der Waals surface area contributed by atoms with E-state index in [9.17, 15) is 14.0 Å². The lowest BCUT2D eigenvalue weighted by Gasteiger charge is -2.25. The van der Waals surface area contributed by atoms with Gasteiger partial charge in [0.2, 0.25) is 11.9 Å². The van der Waals surface area contributed by atoms with Gasteiger partial charge in [0.1, 0.15) is 11.6 Å². The molecule has 0 aliphatic carbocycles. The number of benzene rings is 2. The molecule has 0 atom stereocenters. The zero-order valence-electron chi connectivity index (χ0n) is 20.9. The highest BCUT2D eigenvalue weighted by Crippen LogP contribution is 2.33. The lowest BCUT2D eigenvalue weighted by Crippen LogP contribution is -2.29. The number of carbonyl (C=O) groups excluding carboxylic acids is 2. The zero-order valence-corrected chi connectivity index (χ0v) is 20.9. The molecule has 0 saturated carbocycles. The fourth-order valence-electron chi connectivity index (χ4n) is 3.86. The number of hydrogen-bond donors (Lipinski definition) is 2. The number of aldehydes is 1. The van der Waals surface area contributed by atoms with Crippen LogP contribution in [0.5, 0.6) is 0 Å². The van der Waals surface area contributed by atoms with Crippen LogP contribution in [-0.2, 0) is 4.79 Å². The molecular weight excluding hydrogens is 473 g/mol. The van der Waals surface area contributed by atoms with Gasteiger partial charge in [-0.1, -0.05) is 6.58 Å². The van der Waals surface area contributed by atoms with E-state index in [1.54, 1.807) is 42.7 Å². The van der Waals surface area contributed by atoms with E-state index in [2.05, 4.69) is 27.2 Å². The van der Waals surface area contributed by atoms with Gasteiger partial charge in [0.15, 0.2) is 6.29 Å². The maximum atomic E-state index is 13.6. The molecule has 0 aliphatic rings. The quantitative estimate of drug-likeness (QED) is 0.248. The van der Waals surface area contributed by atoms with E-state index in [1.165, 1.54) is 18.2 Å². The first-order valence-electron chi connectivity index (χ1n) is 11.6. The summed E-state index contributed by atoms with van der Waals surface area (Å²) in [5.74, 6) is 0.124. The van der Waals surface area contributed by atoms with Crippen molar-refractivity contribution in [2.45, 2.75) is 0 Å². The molecule has 10 heteroatoms. The highest BCUT2D eigenvalue weighted by atomic mass is 19.1. The first-order valence-corrected chi connectivity index (χ1v) is 11.6. The van der Waals surface area contributed by atoms with Gasteiger partial charge in [-0.2, -0.15) is 4.98 Å². The van der Waals surface area contributed by atoms with E-state index in [4.69, 9.17) is 0 Å². The summed E-state index contributed by atoms with van der Waals surface area (Å²) < 4.78 is 15.4. The Morgan fingerprint density at radius 3 is 2.65 bits per heavy atom. The van der Waals surface area contributed by atoms with Gasteiger partial charge in [0.25, 0.3) is 0 Å². The molecule has 2 N–H and O–H groups in total. The highest BCUT2D eigenvalue weighted by Gasteiger charge is 2.16. The number of nitrogens with zero attached hydrogens (tertiary/aromatic N) is 5. The summed E-state index contributed by atoms with van der Waals surface area (Å²) in [6.07, 6.45) is 5.31. The second-order valence-corrected chi connectivity index (χ2v) is 8.74. The second-order valence-electron chi connectivity index (χ2n) is 8.74. The maximum Gasteiger partial charge on any atom is 0.247 e. The summed E-state index contributed by atoms with van der Waals surface area (Å²) in [6.45, 7) is 4.98. The third-order valence-electron chi connectivity index (χ3n) is 5.82. The summed E-state index contributed by atoms with van der Waals surface area (Å²) >= 11 is 0. The monoisotopic (exact) mass is 501 g/mol. The topological polar surface area (TPSA) is 95.4 Å². The van der Waals surface area contributed by atoms with Crippen LogP contribution in [0.4, 0.5) is 27.4 Å². The van der Waals surface area contributed by atoms with Gasteiger partial charge >= 0.3 is 0 Å². The molecule has 4 rings (SSSR count). The molecule has 0 spiro atoms. The Balaban J connectivity index is 1.70. The molecule has 190 valence electrons. The molecule has 2 heterocycles. The minimum atomic E-state index is -0.374. The minimum absolute atomic E-state index is 0.249. The normalized spacial score (nSPS) is 10.9. The molecule has 0 unspecified atom stereocenters. The van der Waals surface area contributed by atoms with Gasteiger partial charge in [-0.05, 0) is 62.6 Å². The fourth-order valence-corrected chi connectivity index (χ4v) is 3.86. The SMILES string of the molecule is C=CC(=O)Nc1cc(Nc2nccc(-n3ccc4cc(F)ccc43)n2)c(C=O)cc1N(C)CCN(C)C. The number of anilines is 4. The Morgan fingerprint density at radius 1 is 1.11 bits per heavy atom. The van der Waals surface area contributed by atoms with Crippen molar-refractivity contribution < 1.29 is 14.0 Å². The maximum absolute atomic E-state index is 13.6. The molecule has 2 aromatic heterocycles. The molecule has 0 saturated heterocycles. The van der Waals surface area contributed by atoms with E-state index in [0.29, 0.717) is 35.0 Å². The Labute approximate surface area is 214 Å². The summed E-state index contributed by atoms with van der Waals surface area (Å²) in [5.41, 5.74) is 2.79. The Morgan fingerprint density at radius 2 is 1.92 bits per heavy atom. The van der Waals surface area contributed by atoms with Crippen molar-refractivity contribution in [3.05, 3.63) is 78.9 Å². The number of likely N-dealkylation sites (N-methyl/N-ethyl adjacent to an activating group) is 2. The highest BCUT2D eigenvalue weighted by molar-refractivity contribution is 6.03. The number of carbonyl (C=O) groups is 2. The Hall–Kier alpha value is -4.57.